The van der Waals surface area contributed by atoms with Gasteiger partial charge in [0.05, 0.1) is 18.1 Å². The van der Waals surface area contributed by atoms with Crippen molar-refractivity contribution in [2.75, 3.05) is 31.1 Å². The van der Waals surface area contributed by atoms with Crippen LogP contribution in [-0.4, -0.2) is 55.3 Å². The van der Waals surface area contributed by atoms with Gasteiger partial charge in [-0.3, -0.25) is 24.6 Å². The monoisotopic (exact) mass is 487 g/mol. The fourth-order valence-corrected chi connectivity index (χ4v) is 4.52. The van der Waals surface area contributed by atoms with Crippen LogP contribution in [0.1, 0.15) is 5.56 Å². The van der Waals surface area contributed by atoms with Crippen LogP contribution in [0.15, 0.2) is 79.1 Å². The first-order valence-electron chi connectivity index (χ1n) is 11.4. The van der Waals surface area contributed by atoms with E-state index < -0.39 is 0 Å². The van der Waals surface area contributed by atoms with E-state index in [0.717, 1.165) is 48.8 Å². The van der Waals surface area contributed by atoms with Crippen molar-refractivity contribution in [2.45, 2.75) is 13.2 Å². The molecule has 0 N–H and O–H groups in total. The van der Waals surface area contributed by atoms with E-state index in [1.807, 2.05) is 53.3 Å². The highest BCUT2D eigenvalue weighted by Crippen LogP contribution is 2.22. The molecule has 0 aliphatic carbocycles. The van der Waals surface area contributed by atoms with Gasteiger partial charge in [0, 0.05) is 62.0 Å². The van der Waals surface area contributed by atoms with Gasteiger partial charge in [0.25, 0.3) is 5.69 Å². The molecule has 178 valence electrons. The number of hydrogen-bond acceptors (Lipinski definition) is 7. The van der Waals surface area contributed by atoms with Crippen LogP contribution in [0.3, 0.4) is 0 Å². The summed E-state index contributed by atoms with van der Waals surface area (Å²) in [7, 11) is 0. The van der Waals surface area contributed by atoms with Crippen LogP contribution >= 0.6 is 12.2 Å². The van der Waals surface area contributed by atoms with Gasteiger partial charge in [0.15, 0.2) is 10.6 Å². The zero-order chi connectivity index (χ0) is 24.2. The number of hydrogen-bond donors (Lipinski definition) is 0. The summed E-state index contributed by atoms with van der Waals surface area (Å²) in [6, 6.07) is 20.9. The van der Waals surface area contributed by atoms with Gasteiger partial charge in [0.1, 0.15) is 0 Å². The summed E-state index contributed by atoms with van der Waals surface area (Å²) in [4.78, 5) is 19.4. The maximum atomic E-state index is 10.9. The average Bonchev–Trinajstić information content (AvgIpc) is 3.20. The SMILES string of the molecule is O=[N+]([O-])c1ccc(N2CCN(Cn3nc(-c4cccnc4)n(Cc4ccccc4)c3=S)CC2)cc1. The fourth-order valence-electron chi connectivity index (χ4n) is 4.27. The lowest BCUT2D eigenvalue weighted by Gasteiger charge is -2.35. The number of nitro groups is 1. The highest BCUT2D eigenvalue weighted by atomic mass is 32.1. The number of nitro benzene ring substituents is 1. The minimum atomic E-state index is -0.373. The van der Waals surface area contributed by atoms with Crippen molar-refractivity contribution in [1.29, 1.82) is 0 Å². The van der Waals surface area contributed by atoms with Crippen molar-refractivity contribution >= 4 is 23.6 Å². The van der Waals surface area contributed by atoms with Gasteiger partial charge < -0.3 is 4.90 Å². The van der Waals surface area contributed by atoms with Crippen LogP contribution in [0.25, 0.3) is 11.4 Å². The molecule has 4 aromatic rings. The summed E-state index contributed by atoms with van der Waals surface area (Å²) in [5.74, 6) is 0.802. The summed E-state index contributed by atoms with van der Waals surface area (Å²) in [5.41, 5.74) is 3.19. The molecule has 0 bridgehead atoms. The average molecular weight is 488 g/mol. The molecule has 35 heavy (non-hydrogen) atoms. The number of nitrogens with zero attached hydrogens (tertiary/aromatic N) is 7. The molecule has 0 amide bonds. The Morgan fingerprint density at radius 1 is 0.943 bits per heavy atom. The molecule has 0 atom stereocenters. The Morgan fingerprint density at radius 3 is 2.34 bits per heavy atom. The second kappa shape index (κ2) is 10.2. The van der Waals surface area contributed by atoms with Crippen LogP contribution in [0.2, 0.25) is 0 Å². The molecule has 9 nitrogen and oxygen atoms in total. The Bertz CT molecular complexity index is 1350. The Morgan fingerprint density at radius 2 is 1.69 bits per heavy atom. The number of piperazine rings is 1. The maximum Gasteiger partial charge on any atom is 0.269 e. The summed E-state index contributed by atoms with van der Waals surface area (Å²) in [5, 5.41) is 15.8. The van der Waals surface area contributed by atoms with Gasteiger partial charge in [-0.25, -0.2) is 4.68 Å². The largest absolute Gasteiger partial charge is 0.369 e. The van der Waals surface area contributed by atoms with E-state index in [0.29, 0.717) is 18.0 Å². The first-order valence-corrected chi connectivity index (χ1v) is 11.8. The van der Waals surface area contributed by atoms with Crippen LogP contribution in [0.4, 0.5) is 11.4 Å². The number of aromatic nitrogens is 4. The lowest BCUT2D eigenvalue weighted by Crippen LogP contribution is -2.47. The lowest BCUT2D eigenvalue weighted by molar-refractivity contribution is -0.384. The van der Waals surface area contributed by atoms with Crippen LogP contribution in [0.5, 0.6) is 0 Å². The molecular weight excluding hydrogens is 462 g/mol. The second-order valence-electron chi connectivity index (χ2n) is 8.44. The van der Waals surface area contributed by atoms with Gasteiger partial charge in [-0.1, -0.05) is 30.3 Å². The highest BCUT2D eigenvalue weighted by molar-refractivity contribution is 7.71. The van der Waals surface area contributed by atoms with Gasteiger partial charge >= 0.3 is 0 Å². The number of anilines is 1. The zero-order valence-electron chi connectivity index (χ0n) is 19.1. The quantitative estimate of drug-likeness (QED) is 0.219. The molecule has 0 radical (unpaired) electrons. The maximum absolute atomic E-state index is 10.9. The first kappa shape index (κ1) is 22.9. The molecule has 0 unspecified atom stereocenters. The van der Waals surface area contributed by atoms with Crippen molar-refractivity contribution in [1.82, 2.24) is 24.2 Å². The molecule has 5 rings (SSSR count). The summed E-state index contributed by atoms with van der Waals surface area (Å²) < 4.78 is 4.63. The van der Waals surface area contributed by atoms with E-state index in [4.69, 9.17) is 17.3 Å². The predicted molar refractivity (Wildman–Crippen MR) is 137 cm³/mol. The molecule has 2 aromatic carbocycles. The van der Waals surface area contributed by atoms with Crippen molar-refractivity contribution in [3.8, 4) is 11.4 Å². The van der Waals surface area contributed by atoms with Crippen molar-refractivity contribution < 1.29 is 4.92 Å². The Hall–Kier alpha value is -3.89. The smallest absolute Gasteiger partial charge is 0.269 e. The third kappa shape index (κ3) is 5.13. The summed E-state index contributed by atoms with van der Waals surface area (Å²) in [6.45, 7) is 4.56. The predicted octanol–water partition coefficient (Wildman–Crippen LogP) is 4.21. The standard InChI is InChI=1S/C25H25N7O2S/c33-32(34)23-10-8-22(9-11-23)29-15-13-28(14-16-29)19-31-25(35)30(18-20-5-2-1-3-6-20)24(27-31)21-7-4-12-26-17-21/h1-12,17H,13-16,18-19H2. The highest BCUT2D eigenvalue weighted by Gasteiger charge is 2.20. The number of rotatable bonds is 7. The molecule has 1 aliphatic heterocycles. The molecule has 0 saturated carbocycles. The Labute approximate surface area is 208 Å². The van der Waals surface area contributed by atoms with E-state index in [1.165, 1.54) is 0 Å². The minimum Gasteiger partial charge on any atom is -0.369 e. The van der Waals surface area contributed by atoms with Gasteiger partial charge in [-0.15, -0.1) is 0 Å². The minimum absolute atomic E-state index is 0.109. The van der Waals surface area contributed by atoms with Crippen molar-refractivity contribution in [2.24, 2.45) is 0 Å². The topological polar surface area (TPSA) is 85.3 Å². The molecule has 1 aliphatic rings. The van der Waals surface area contributed by atoms with Gasteiger partial charge in [-0.05, 0) is 42.0 Å². The molecule has 3 heterocycles. The Kier molecular flexibility index (Phi) is 6.64. The third-order valence-corrected chi connectivity index (χ3v) is 6.59. The molecule has 0 spiro atoms. The molecule has 1 saturated heterocycles. The van der Waals surface area contributed by atoms with Gasteiger partial charge in [0.2, 0.25) is 0 Å². The summed E-state index contributed by atoms with van der Waals surface area (Å²) in [6.07, 6.45) is 3.56. The van der Waals surface area contributed by atoms with E-state index in [9.17, 15) is 10.1 Å². The van der Waals surface area contributed by atoms with Crippen LogP contribution in [-0.2, 0) is 13.2 Å². The van der Waals surface area contributed by atoms with Gasteiger partial charge in [-0.2, -0.15) is 5.10 Å². The Balaban J connectivity index is 1.32. The third-order valence-electron chi connectivity index (χ3n) is 6.16. The van der Waals surface area contributed by atoms with E-state index in [-0.39, 0.29) is 10.6 Å². The van der Waals surface area contributed by atoms with Crippen molar-refractivity contribution in [3.05, 3.63) is 99.6 Å². The number of non-ortho nitro benzene ring substituents is 1. The fraction of sp³-hybridized carbons (Fsp3) is 0.240. The van der Waals surface area contributed by atoms with Crippen LogP contribution in [0, 0.1) is 14.9 Å². The van der Waals surface area contributed by atoms with E-state index >= 15 is 0 Å². The number of pyridine rings is 1. The first-order chi connectivity index (χ1) is 17.1. The summed E-state index contributed by atoms with van der Waals surface area (Å²) >= 11 is 5.86. The van der Waals surface area contributed by atoms with E-state index in [1.54, 1.807) is 18.3 Å². The zero-order valence-corrected chi connectivity index (χ0v) is 19.9. The molecular formula is C25H25N7O2S. The molecule has 1 fully saturated rings. The molecule has 2 aromatic heterocycles. The normalized spacial score (nSPS) is 14.2. The lowest BCUT2D eigenvalue weighted by atomic mass is 10.2. The van der Waals surface area contributed by atoms with E-state index in [2.05, 4.69) is 31.5 Å². The second-order valence-corrected chi connectivity index (χ2v) is 8.80. The molecule has 10 heteroatoms. The number of benzene rings is 2. The van der Waals surface area contributed by atoms with Crippen LogP contribution < -0.4 is 4.90 Å². The van der Waals surface area contributed by atoms with Crippen molar-refractivity contribution in [3.63, 3.8) is 0 Å².